The van der Waals surface area contributed by atoms with E-state index < -0.39 is 12.1 Å². The lowest BCUT2D eigenvalue weighted by Crippen LogP contribution is -2.42. The molecule has 1 aromatic carbocycles. The van der Waals surface area contributed by atoms with Crippen LogP contribution in [0.15, 0.2) is 18.7 Å². The topological polar surface area (TPSA) is 72.3 Å². The number of halogens is 3. The van der Waals surface area contributed by atoms with Crippen LogP contribution in [-0.4, -0.2) is 30.1 Å². The Kier molecular flexibility index (Phi) is 3.37. The van der Waals surface area contributed by atoms with Crippen molar-refractivity contribution in [2.45, 2.75) is 12.6 Å². The summed E-state index contributed by atoms with van der Waals surface area (Å²) in [6, 6.07) is 3.21. The molecule has 7 heteroatoms. The summed E-state index contributed by atoms with van der Waals surface area (Å²) in [5.41, 5.74) is 13.9. The highest BCUT2D eigenvalue weighted by molar-refractivity contribution is 5.85. The molecule has 4 nitrogen and oxygen atoms in total. The van der Waals surface area contributed by atoms with Crippen molar-refractivity contribution in [2.75, 3.05) is 24.6 Å². The zero-order valence-electron chi connectivity index (χ0n) is 10.6. The first-order valence-electron chi connectivity index (χ1n) is 5.92. The van der Waals surface area contributed by atoms with Gasteiger partial charge in [0.15, 0.2) is 0 Å². The Morgan fingerprint density at radius 1 is 1.25 bits per heavy atom. The summed E-state index contributed by atoms with van der Waals surface area (Å²) in [5.74, 6) is -1.85. The fourth-order valence-corrected chi connectivity index (χ4v) is 2.22. The van der Waals surface area contributed by atoms with Gasteiger partial charge in [0.25, 0.3) is 0 Å². The lowest BCUT2D eigenvalue weighted by molar-refractivity contribution is -0.184. The van der Waals surface area contributed by atoms with Crippen LogP contribution in [0.25, 0.3) is 5.57 Å². The molecular formula is C13H14F3N3O. The van der Waals surface area contributed by atoms with Crippen molar-refractivity contribution < 1.29 is 18.0 Å². The summed E-state index contributed by atoms with van der Waals surface area (Å²) in [4.78, 5) is 12.1. The van der Waals surface area contributed by atoms with E-state index >= 15 is 0 Å². The second kappa shape index (κ2) is 4.73. The number of amides is 1. The molecule has 1 aromatic rings. The average Bonchev–Trinajstić information content (AvgIpc) is 2.49. The number of nitrogens with zero attached hydrogens (tertiary/aromatic N) is 1. The quantitative estimate of drug-likeness (QED) is 0.714. The normalized spacial score (nSPS) is 15.8. The Hall–Kier alpha value is -2.18. The third-order valence-corrected chi connectivity index (χ3v) is 3.25. The van der Waals surface area contributed by atoms with E-state index in [1.165, 1.54) is 0 Å². The van der Waals surface area contributed by atoms with E-state index in [-0.39, 0.29) is 19.5 Å². The van der Waals surface area contributed by atoms with Crippen LogP contribution in [0.4, 0.5) is 24.5 Å². The van der Waals surface area contributed by atoms with Gasteiger partial charge in [-0.25, -0.2) is 0 Å². The number of anilines is 2. The van der Waals surface area contributed by atoms with E-state index in [9.17, 15) is 18.0 Å². The summed E-state index contributed by atoms with van der Waals surface area (Å²) in [6.07, 6.45) is -4.60. The number of nitrogen functional groups attached to an aromatic ring is 2. The highest BCUT2D eigenvalue weighted by atomic mass is 19.4. The molecular weight excluding hydrogens is 271 g/mol. The summed E-state index contributed by atoms with van der Waals surface area (Å²) in [6.45, 7) is 3.54. The maximum Gasteiger partial charge on any atom is 0.471 e. The van der Waals surface area contributed by atoms with E-state index in [1.807, 2.05) is 0 Å². The molecule has 0 spiro atoms. The fraction of sp³-hybridized carbons (Fsp3) is 0.308. The van der Waals surface area contributed by atoms with E-state index in [1.54, 1.807) is 12.1 Å². The first kappa shape index (κ1) is 14.2. The van der Waals surface area contributed by atoms with E-state index in [0.717, 1.165) is 10.5 Å². The van der Waals surface area contributed by atoms with E-state index in [2.05, 4.69) is 6.58 Å². The second-order valence-corrected chi connectivity index (χ2v) is 4.72. The Balaban J connectivity index is 2.32. The lowest BCUT2D eigenvalue weighted by Gasteiger charge is -2.22. The van der Waals surface area contributed by atoms with Gasteiger partial charge < -0.3 is 16.4 Å². The van der Waals surface area contributed by atoms with Gasteiger partial charge in [-0.1, -0.05) is 6.58 Å². The van der Waals surface area contributed by atoms with Crippen molar-refractivity contribution >= 4 is 22.9 Å². The molecule has 0 radical (unpaired) electrons. The summed E-state index contributed by atoms with van der Waals surface area (Å²) in [7, 11) is 0. The molecule has 0 unspecified atom stereocenters. The molecule has 1 heterocycles. The summed E-state index contributed by atoms with van der Waals surface area (Å²) < 4.78 is 37.5. The molecule has 4 N–H and O–H groups in total. The highest BCUT2D eigenvalue weighted by Gasteiger charge is 2.42. The van der Waals surface area contributed by atoms with Crippen LogP contribution in [0.2, 0.25) is 0 Å². The summed E-state index contributed by atoms with van der Waals surface area (Å²) >= 11 is 0. The monoisotopic (exact) mass is 285 g/mol. The molecule has 1 amide bonds. The Morgan fingerprint density at radius 3 is 2.45 bits per heavy atom. The van der Waals surface area contributed by atoms with E-state index in [4.69, 9.17) is 11.5 Å². The number of hydrogen-bond acceptors (Lipinski definition) is 3. The zero-order chi connectivity index (χ0) is 15.1. The number of carbonyl (C=O) groups is 1. The molecule has 0 fully saturated rings. The smallest absolute Gasteiger partial charge is 0.397 e. The van der Waals surface area contributed by atoms with E-state index in [0.29, 0.717) is 22.5 Å². The first-order valence-corrected chi connectivity index (χ1v) is 5.92. The third kappa shape index (κ3) is 2.56. The Labute approximate surface area is 113 Å². The predicted molar refractivity (Wildman–Crippen MR) is 70.6 cm³/mol. The number of nitrogens with two attached hydrogens (primary N) is 2. The number of hydrogen-bond donors (Lipinski definition) is 2. The number of rotatable bonds is 0. The molecule has 0 bridgehead atoms. The van der Waals surface area contributed by atoms with Gasteiger partial charge in [-0.05, 0) is 35.3 Å². The van der Waals surface area contributed by atoms with Gasteiger partial charge in [0.2, 0.25) is 0 Å². The minimum Gasteiger partial charge on any atom is -0.397 e. The van der Waals surface area contributed by atoms with Crippen LogP contribution in [0, 0.1) is 0 Å². The Morgan fingerprint density at radius 2 is 1.85 bits per heavy atom. The zero-order valence-corrected chi connectivity index (χ0v) is 10.6. The third-order valence-electron chi connectivity index (χ3n) is 3.25. The van der Waals surface area contributed by atoms with Crippen molar-refractivity contribution in [3.63, 3.8) is 0 Å². The number of benzene rings is 1. The molecule has 1 aliphatic heterocycles. The first-order chi connectivity index (χ1) is 9.20. The van der Waals surface area contributed by atoms with Crippen LogP contribution in [-0.2, 0) is 11.2 Å². The summed E-state index contributed by atoms with van der Waals surface area (Å²) in [5, 5.41) is 0. The SMILES string of the molecule is C=C1CN(C(=O)C(F)(F)F)CCc2cc(N)c(N)cc21. The van der Waals surface area contributed by atoms with Gasteiger partial charge in [0, 0.05) is 13.1 Å². The van der Waals surface area contributed by atoms with Crippen molar-refractivity contribution in [2.24, 2.45) is 0 Å². The van der Waals surface area contributed by atoms with Crippen LogP contribution in [0.3, 0.4) is 0 Å². The van der Waals surface area contributed by atoms with Crippen LogP contribution >= 0.6 is 0 Å². The Bertz CT molecular complexity index is 581. The maximum atomic E-state index is 12.5. The van der Waals surface area contributed by atoms with Gasteiger partial charge in [-0.15, -0.1) is 0 Å². The molecule has 1 aliphatic rings. The fourth-order valence-electron chi connectivity index (χ4n) is 2.22. The van der Waals surface area contributed by atoms with Crippen molar-refractivity contribution in [1.82, 2.24) is 4.90 Å². The molecule has 0 saturated carbocycles. The average molecular weight is 285 g/mol. The molecule has 20 heavy (non-hydrogen) atoms. The van der Waals surface area contributed by atoms with Gasteiger partial charge in [0.05, 0.1) is 11.4 Å². The molecule has 0 saturated heterocycles. The van der Waals surface area contributed by atoms with Gasteiger partial charge >= 0.3 is 12.1 Å². The van der Waals surface area contributed by atoms with Gasteiger partial charge in [-0.3, -0.25) is 4.79 Å². The molecule has 0 aliphatic carbocycles. The molecule has 0 atom stereocenters. The number of fused-ring (bicyclic) bond motifs is 1. The second-order valence-electron chi connectivity index (χ2n) is 4.72. The van der Waals surface area contributed by atoms with Crippen LogP contribution in [0.5, 0.6) is 0 Å². The van der Waals surface area contributed by atoms with Crippen molar-refractivity contribution in [3.8, 4) is 0 Å². The maximum absolute atomic E-state index is 12.5. The van der Waals surface area contributed by atoms with Gasteiger partial charge in [-0.2, -0.15) is 13.2 Å². The van der Waals surface area contributed by atoms with Crippen LogP contribution in [0.1, 0.15) is 11.1 Å². The number of carbonyl (C=O) groups excluding carboxylic acids is 1. The molecule has 2 rings (SSSR count). The molecule has 0 aromatic heterocycles. The van der Waals surface area contributed by atoms with Gasteiger partial charge in [0.1, 0.15) is 0 Å². The molecule has 108 valence electrons. The minimum atomic E-state index is -4.88. The highest BCUT2D eigenvalue weighted by Crippen LogP contribution is 2.30. The number of alkyl halides is 3. The van der Waals surface area contributed by atoms with Crippen LogP contribution < -0.4 is 11.5 Å². The standard InChI is InChI=1S/C13H14F3N3O/c1-7-6-19(12(20)13(14,15)16)3-2-8-4-10(17)11(18)5-9(7)8/h4-5H,1-3,6,17-18H2. The lowest BCUT2D eigenvalue weighted by atomic mass is 9.98. The van der Waals surface area contributed by atoms with Crippen molar-refractivity contribution in [1.29, 1.82) is 0 Å². The minimum absolute atomic E-state index is 0.0340. The largest absolute Gasteiger partial charge is 0.471 e. The van der Waals surface area contributed by atoms with Crippen molar-refractivity contribution in [3.05, 3.63) is 29.8 Å². The predicted octanol–water partition coefficient (Wildman–Crippen LogP) is 1.81.